The van der Waals surface area contributed by atoms with Crippen molar-refractivity contribution in [3.63, 3.8) is 0 Å². The van der Waals surface area contributed by atoms with E-state index in [1.54, 1.807) is 0 Å². The molecular weight excluding hydrogens is 551 g/mol. The van der Waals surface area contributed by atoms with Crippen LogP contribution in [0.25, 0.3) is 71.0 Å². The molecule has 0 aliphatic carbocycles. The summed E-state index contributed by atoms with van der Waals surface area (Å²) in [6, 6.07) is 29.9. The first-order chi connectivity index (χ1) is 19.3. The summed E-state index contributed by atoms with van der Waals surface area (Å²) in [5.74, 6) is 0. The van der Waals surface area contributed by atoms with Crippen LogP contribution in [0, 0.1) is 0 Å². The van der Waals surface area contributed by atoms with Gasteiger partial charge in [0.15, 0.2) is 0 Å². The van der Waals surface area contributed by atoms with Crippen molar-refractivity contribution in [3.05, 3.63) is 78.9 Å². The van der Waals surface area contributed by atoms with Crippen LogP contribution in [0.3, 0.4) is 0 Å². The number of unbranched alkanes of at least 4 members (excludes halogenated alkanes) is 3. The molecule has 192 valence electrons. The molecule has 0 unspecified atom stereocenters. The number of hydrogen-bond acceptors (Lipinski definition) is 5. The minimum atomic E-state index is 1.07. The van der Waals surface area contributed by atoms with Gasteiger partial charge in [-0.25, -0.2) is 0 Å². The number of nitrogens with one attached hydrogen (secondary N) is 1. The van der Waals surface area contributed by atoms with E-state index in [0.29, 0.717) is 0 Å². The zero-order valence-corrected chi connectivity index (χ0v) is 24.9. The molecule has 4 aromatic heterocycles. The van der Waals surface area contributed by atoms with E-state index < -0.39 is 0 Å². The predicted octanol–water partition coefficient (Wildman–Crippen LogP) is 12.5. The van der Waals surface area contributed by atoms with E-state index in [1.807, 2.05) is 45.3 Å². The number of anilines is 1. The molecule has 39 heavy (non-hydrogen) atoms. The van der Waals surface area contributed by atoms with Crippen LogP contribution in [0.2, 0.25) is 0 Å². The van der Waals surface area contributed by atoms with Crippen molar-refractivity contribution in [3.8, 4) is 9.75 Å². The Labute approximate surface area is 243 Å². The Balaban J connectivity index is 1.18. The van der Waals surface area contributed by atoms with Gasteiger partial charge in [-0.15, -0.1) is 45.3 Å². The maximum absolute atomic E-state index is 3.63. The fraction of sp³-hybridized carbons (Fsp3) is 0.176. The second kappa shape index (κ2) is 9.60. The monoisotopic (exact) mass is 577 g/mol. The zero-order valence-electron chi connectivity index (χ0n) is 21.7. The van der Waals surface area contributed by atoms with E-state index in [4.69, 9.17) is 0 Å². The molecule has 0 fully saturated rings. The van der Waals surface area contributed by atoms with Gasteiger partial charge in [0.05, 0.1) is 9.01 Å². The number of thiophene rings is 4. The van der Waals surface area contributed by atoms with Gasteiger partial charge in [0.2, 0.25) is 0 Å². The van der Waals surface area contributed by atoms with Crippen LogP contribution in [0.4, 0.5) is 5.00 Å². The quantitative estimate of drug-likeness (QED) is 0.147. The predicted molar refractivity (Wildman–Crippen MR) is 181 cm³/mol. The van der Waals surface area contributed by atoms with E-state index in [0.717, 1.165) is 6.54 Å². The van der Waals surface area contributed by atoms with Crippen LogP contribution >= 0.6 is 45.3 Å². The van der Waals surface area contributed by atoms with Gasteiger partial charge in [-0.05, 0) is 53.6 Å². The summed E-state index contributed by atoms with van der Waals surface area (Å²) in [4.78, 5) is 2.75. The number of benzene rings is 4. The fourth-order valence-corrected chi connectivity index (χ4v) is 10.7. The summed E-state index contributed by atoms with van der Waals surface area (Å²) in [6.45, 7) is 3.34. The molecule has 1 N–H and O–H groups in total. The third kappa shape index (κ3) is 3.98. The standard InChI is InChI=1S/C34H27NS4/c1-2-3-4-7-16-35-31-15-14-29(36-31)30-19-27-24-13-11-21-17-25-20(18-26(21)33(24)39-34(27)38-30)10-12-23-22-8-5-6-9-28(22)37-32(23)25/h5-6,8-15,17-19,35H,2-4,7,16H2,1H3. The maximum atomic E-state index is 3.63. The second-order valence-electron chi connectivity index (χ2n) is 10.3. The van der Waals surface area contributed by atoms with Gasteiger partial charge in [0.1, 0.15) is 0 Å². The molecule has 8 aromatic rings. The van der Waals surface area contributed by atoms with Gasteiger partial charge in [-0.2, -0.15) is 0 Å². The molecule has 0 amide bonds. The Morgan fingerprint density at radius 3 is 2.15 bits per heavy atom. The van der Waals surface area contributed by atoms with Crippen molar-refractivity contribution in [1.82, 2.24) is 0 Å². The molecule has 0 atom stereocenters. The first-order valence-electron chi connectivity index (χ1n) is 13.7. The van der Waals surface area contributed by atoms with Crippen LogP contribution in [0.5, 0.6) is 0 Å². The molecule has 0 bridgehead atoms. The number of hydrogen-bond donors (Lipinski definition) is 1. The highest BCUT2D eigenvalue weighted by molar-refractivity contribution is 7.44. The highest BCUT2D eigenvalue weighted by Crippen LogP contribution is 2.48. The van der Waals surface area contributed by atoms with Crippen molar-refractivity contribution in [1.29, 1.82) is 0 Å². The summed E-state index contributed by atoms with van der Waals surface area (Å²) in [5, 5.41) is 15.9. The highest BCUT2D eigenvalue weighted by Gasteiger charge is 2.16. The van der Waals surface area contributed by atoms with Gasteiger partial charge in [0.25, 0.3) is 0 Å². The van der Waals surface area contributed by atoms with E-state index in [-0.39, 0.29) is 0 Å². The van der Waals surface area contributed by atoms with E-state index in [2.05, 4.69) is 91.1 Å². The van der Waals surface area contributed by atoms with E-state index in [9.17, 15) is 0 Å². The van der Waals surface area contributed by atoms with E-state index in [1.165, 1.54) is 102 Å². The topological polar surface area (TPSA) is 12.0 Å². The fourth-order valence-electron chi connectivity index (χ4n) is 5.80. The summed E-state index contributed by atoms with van der Waals surface area (Å²) < 4.78 is 5.61. The third-order valence-electron chi connectivity index (χ3n) is 7.81. The molecular formula is C34H27NS4. The molecule has 0 saturated heterocycles. The Kier molecular flexibility index (Phi) is 5.88. The highest BCUT2D eigenvalue weighted by atomic mass is 32.2. The van der Waals surface area contributed by atoms with Gasteiger partial charge in [-0.3, -0.25) is 0 Å². The summed E-state index contributed by atoms with van der Waals surface area (Å²) >= 11 is 7.71. The summed E-state index contributed by atoms with van der Waals surface area (Å²) in [6.07, 6.45) is 5.18. The number of rotatable bonds is 7. The molecule has 0 spiro atoms. The van der Waals surface area contributed by atoms with Crippen LogP contribution in [0.1, 0.15) is 32.6 Å². The minimum absolute atomic E-state index is 1.07. The molecule has 0 saturated carbocycles. The van der Waals surface area contributed by atoms with Crippen molar-refractivity contribution in [2.24, 2.45) is 0 Å². The average Bonchev–Trinajstić information content (AvgIpc) is 3.73. The van der Waals surface area contributed by atoms with Gasteiger partial charge in [-0.1, -0.05) is 68.7 Å². The Morgan fingerprint density at radius 1 is 0.564 bits per heavy atom. The normalized spacial score (nSPS) is 12.2. The minimum Gasteiger partial charge on any atom is -0.377 e. The smallest absolute Gasteiger partial charge is 0.0889 e. The maximum Gasteiger partial charge on any atom is 0.0889 e. The van der Waals surface area contributed by atoms with Crippen LogP contribution < -0.4 is 5.32 Å². The molecule has 4 heterocycles. The van der Waals surface area contributed by atoms with Crippen LogP contribution in [-0.2, 0) is 0 Å². The van der Waals surface area contributed by atoms with Crippen molar-refractivity contribution in [2.75, 3.05) is 11.9 Å². The molecule has 8 rings (SSSR count). The molecule has 5 heteroatoms. The Hall–Kier alpha value is -2.96. The SMILES string of the molecule is CCCCCCNc1ccc(-c2cc3c(s2)sc2c4cc5ccc6c7ccccc7sc6c5cc4ccc32)s1. The van der Waals surface area contributed by atoms with Gasteiger partial charge in [0, 0.05) is 62.7 Å². The third-order valence-corrected chi connectivity index (χ3v) is 12.7. The molecule has 0 radical (unpaired) electrons. The number of fused-ring (bicyclic) bond motifs is 10. The van der Waals surface area contributed by atoms with E-state index >= 15 is 0 Å². The van der Waals surface area contributed by atoms with Crippen LogP contribution in [-0.4, -0.2) is 6.54 Å². The Bertz CT molecular complexity index is 2150. The first-order valence-corrected chi connectivity index (χ1v) is 17.0. The van der Waals surface area contributed by atoms with Crippen molar-refractivity contribution in [2.45, 2.75) is 32.6 Å². The summed E-state index contributed by atoms with van der Waals surface area (Å²) in [5.41, 5.74) is 0. The lowest BCUT2D eigenvalue weighted by Crippen LogP contribution is -1.98. The first kappa shape index (κ1) is 23.9. The molecule has 4 aromatic carbocycles. The van der Waals surface area contributed by atoms with Crippen molar-refractivity contribution >= 4 is 112 Å². The zero-order chi connectivity index (χ0) is 25.9. The second-order valence-corrected chi connectivity index (χ2v) is 14.8. The Morgan fingerprint density at radius 2 is 1.33 bits per heavy atom. The van der Waals surface area contributed by atoms with Crippen LogP contribution in [0.15, 0.2) is 78.9 Å². The molecule has 0 aliphatic rings. The molecule has 1 nitrogen and oxygen atoms in total. The summed E-state index contributed by atoms with van der Waals surface area (Å²) in [7, 11) is 0. The largest absolute Gasteiger partial charge is 0.377 e. The van der Waals surface area contributed by atoms with Gasteiger partial charge >= 0.3 is 0 Å². The van der Waals surface area contributed by atoms with Crippen molar-refractivity contribution < 1.29 is 0 Å². The lowest BCUT2D eigenvalue weighted by molar-refractivity contribution is 0.685. The molecule has 0 aliphatic heterocycles. The van der Waals surface area contributed by atoms with Gasteiger partial charge < -0.3 is 5.32 Å². The lowest BCUT2D eigenvalue weighted by atomic mass is 10.00. The lowest BCUT2D eigenvalue weighted by Gasteiger charge is -2.05. The average molecular weight is 578 g/mol.